The Morgan fingerprint density at radius 3 is 2.67 bits per heavy atom. The van der Waals surface area contributed by atoms with E-state index in [-0.39, 0.29) is 17.5 Å². The van der Waals surface area contributed by atoms with Crippen molar-refractivity contribution in [1.82, 2.24) is 5.32 Å². The second-order valence-electron chi connectivity index (χ2n) is 6.30. The average molecular weight is 289 g/mol. The summed E-state index contributed by atoms with van der Waals surface area (Å²) in [6, 6.07) is 5.14. The molecular weight excluding hydrogens is 266 g/mol. The minimum atomic E-state index is -0.928. The summed E-state index contributed by atoms with van der Waals surface area (Å²) in [4.78, 5) is 23.2. The second kappa shape index (κ2) is 6.29. The molecule has 0 radical (unpaired) electrons. The van der Waals surface area contributed by atoms with Crippen molar-refractivity contribution in [3.63, 3.8) is 0 Å². The fourth-order valence-electron chi connectivity index (χ4n) is 2.67. The highest BCUT2D eigenvalue weighted by atomic mass is 16.4. The van der Waals surface area contributed by atoms with Gasteiger partial charge in [-0.25, -0.2) is 4.79 Å². The molecule has 4 nitrogen and oxygen atoms in total. The van der Waals surface area contributed by atoms with E-state index in [0.717, 1.165) is 24.0 Å². The van der Waals surface area contributed by atoms with Crippen LogP contribution in [0, 0.1) is 11.8 Å². The summed E-state index contributed by atoms with van der Waals surface area (Å²) in [5.41, 5.74) is 2.38. The van der Waals surface area contributed by atoms with Crippen molar-refractivity contribution < 1.29 is 14.7 Å². The quantitative estimate of drug-likeness (QED) is 0.875. The molecule has 0 heterocycles. The molecule has 1 amide bonds. The van der Waals surface area contributed by atoms with E-state index in [9.17, 15) is 9.59 Å². The van der Waals surface area contributed by atoms with E-state index in [2.05, 4.69) is 26.1 Å². The maximum absolute atomic E-state index is 12.1. The zero-order chi connectivity index (χ0) is 15.6. The first-order chi connectivity index (χ1) is 9.88. The zero-order valence-electron chi connectivity index (χ0n) is 12.8. The predicted molar refractivity (Wildman–Crippen MR) is 81.2 cm³/mol. The summed E-state index contributed by atoms with van der Waals surface area (Å²) in [7, 11) is 0. The molecule has 1 aliphatic carbocycles. The fourth-order valence-corrected chi connectivity index (χ4v) is 2.67. The number of hydrogen-bond donors (Lipinski definition) is 2. The number of fused-ring (bicyclic) bond motifs is 1. The number of hydrogen-bond acceptors (Lipinski definition) is 2. The second-order valence-corrected chi connectivity index (χ2v) is 6.30. The molecule has 0 bridgehead atoms. The third kappa shape index (κ3) is 3.63. The molecule has 1 unspecified atom stereocenters. The van der Waals surface area contributed by atoms with Gasteiger partial charge < -0.3 is 10.4 Å². The molecule has 2 rings (SSSR count). The summed E-state index contributed by atoms with van der Waals surface area (Å²) < 4.78 is 0. The molecular formula is C17H23NO3. The van der Waals surface area contributed by atoms with Crippen LogP contribution in [0.1, 0.15) is 61.1 Å². The molecule has 1 aromatic rings. The van der Waals surface area contributed by atoms with E-state index in [1.807, 2.05) is 6.07 Å². The van der Waals surface area contributed by atoms with Crippen molar-refractivity contribution in [3.05, 3.63) is 34.9 Å². The van der Waals surface area contributed by atoms with Gasteiger partial charge in [0.1, 0.15) is 0 Å². The lowest BCUT2D eigenvalue weighted by Crippen LogP contribution is -2.29. The Bertz CT molecular complexity index is 551. The van der Waals surface area contributed by atoms with Gasteiger partial charge in [-0.1, -0.05) is 26.8 Å². The molecule has 0 aromatic heterocycles. The summed E-state index contributed by atoms with van der Waals surface area (Å²) in [5.74, 6) is -0.0561. The van der Waals surface area contributed by atoms with Gasteiger partial charge in [-0.3, -0.25) is 4.79 Å². The Hall–Kier alpha value is -1.84. The van der Waals surface area contributed by atoms with Crippen molar-refractivity contribution >= 4 is 11.9 Å². The zero-order valence-corrected chi connectivity index (χ0v) is 12.8. The minimum absolute atomic E-state index is 0.0498. The fraction of sp³-hybridized carbons (Fsp3) is 0.529. The number of aromatic carboxylic acids is 1. The van der Waals surface area contributed by atoms with Crippen molar-refractivity contribution in [2.45, 2.75) is 46.1 Å². The molecule has 0 aliphatic heterocycles. The molecule has 1 aliphatic rings. The van der Waals surface area contributed by atoms with Gasteiger partial charge in [0.2, 0.25) is 5.91 Å². The first-order valence-electron chi connectivity index (χ1n) is 7.54. The first-order valence-corrected chi connectivity index (χ1v) is 7.54. The normalized spacial score (nSPS) is 18.4. The molecule has 0 spiro atoms. The van der Waals surface area contributed by atoms with Crippen LogP contribution in [0.15, 0.2) is 18.2 Å². The van der Waals surface area contributed by atoms with Crippen LogP contribution >= 0.6 is 0 Å². The van der Waals surface area contributed by atoms with Gasteiger partial charge in [0.15, 0.2) is 0 Å². The topological polar surface area (TPSA) is 66.4 Å². The van der Waals surface area contributed by atoms with Gasteiger partial charge in [0.05, 0.1) is 11.6 Å². The lowest BCUT2D eigenvalue weighted by atomic mass is 9.94. The van der Waals surface area contributed by atoms with E-state index >= 15 is 0 Å². The Morgan fingerprint density at radius 2 is 2.05 bits per heavy atom. The molecule has 0 saturated heterocycles. The molecule has 2 N–H and O–H groups in total. The number of amides is 1. The van der Waals surface area contributed by atoms with Crippen LogP contribution in [0.25, 0.3) is 0 Å². The highest BCUT2D eigenvalue weighted by molar-refractivity contribution is 5.88. The molecule has 2 atom stereocenters. The molecule has 4 heteroatoms. The van der Waals surface area contributed by atoms with Crippen molar-refractivity contribution in [3.8, 4) is 0 Å². The van der Waals surface area contributed by atoms with Crippen LogP contribution in [0.5, 0.6) is 0 Å². The summed E-state index contributed by atoms with van der Waals surface area (Å²) in [5, 5.41) is 12.1. The largest absolute Gasteiger partial charge is 0.478 e. The van der Waals surface area contributed by atoms with Gasteiger partial charge in [0.25, 0.3) is 0 Å². The van der Waals surface area contributed by atoms with Gasteiger partial charge >= 0.3 is 5.97 Å². The molecule has 21 heavy (non-hydrogen) atoms. The molecule has 114 valence electrons. The Morgan fingerprint density at radius 1 is 1.33 bits per heavy atom. The minimum Gasteiger partial charge on any atom is -0.478 e. The number of carbonyl (C=O) groups excluding carboxylic acids is 1. The van der Waals surface area contributed by atoms with Crippen LogP contribution < -0.4 is 5.32 Å². The van der Waals surface area contributed by atoms with Crippen LogP contribution in [0.4, 0.5) is 0 Å². The number of carboxylic acid groups (broad SMARTS) is 1. The van der Waals surface area contributed by atoms with E-state index in [1.54, 1.807) is 12.1 Å². The van der Waals surface area contributed by atoms with E-state index in [1.165, 1.54) is 0 Å². The van der Waals surface area contributed by atoms with Gasteiger partial charge in [-0.15, -0.1) is 0 Å². The lowest BCUT2D eigenvalue weighted by molar-refractivity contribution is -0.123. The standard InChI is InChI=1S/C17H23NO3/c1-10(2)11(3)8-16(19)18-15-7-6-12-4-5-13(17(20)21)9-14(12)15/h4-5,9-11,15H,6-8H2,1-3H3,(H,18,19)(H,20,21)/t11?,15-/m1/s1. The van der Waals surface area contributed by atoms with Gasteiger partial charge in [0, 0.05) is 6.42 Å². The Labute approximate surface area is 125 Å². The smallest absolute Gasteiger partial charge is 0.335 e. The van der Waals surface area contributed by atoms with Crippen molar-refractivity contribution in [1.29, 1.82) is 0 Å². The van der Waals surface area contributed by atoms with Crippen molar-refractivity contribution in [2.24, 2.45) is 11.8 Å². The SMILES string of the molecule is CC(C)C(C)CC(=O)N[C@@H]1CCc2ccc(C(=O)O)cc21. The molecule has 1 aromatic carbocycles. The Balaban J connectivity index is 2.06. The average Bonchev–Trinajstić information content (AvgIpc) is 2.80. The van der Waals surface area contributed by atoms with Crippen LogP contribution in [0.2, 0.25) is 0 Å². The molecule has 0 saturated carbocycles. The van der Waals surface area contributed by atoms with E-state index in [0.29, 0.717) is 18.3 Å². The van der Waals surface area contributed by atoms with Gasteiger partial charge in [-0.2, -0.15) is 0 Å². The number of benzene rings is 1. The Kier molecular flexibility index (Phi) is 4.66. The number of carbonyl (C=O) groups is 2. The highest BCUT2D eigenvalue weighted by Gasteiger charge is 2.25. The lowest BCUT2D eigenvalue weighted by Gasteiger charge is -2.18. The maximum Gasteiger partial charge on any atom is 0.335 e. The number of nitrogens with one attached hydrogen (secondary N) is 1. The third-order valence-corrected chi connectivity index (χ3v) is 4.45. The summed E-state index contributed by atoms with van der Waals surface area (Å²) in [6.07, 6.45) is 2.25. The molecule has 0 fully saturated rings. The van der Waals surface area contributed by atoms with Crippen LogP contribution in [-0.4, -0.2) is 17.0 Å². The summed E-state index contributed by atoms with van der Waals surface area (Å²) in [6.45, 7) is 6.30. The monoisotopic (exact) mass is 289 g/mol. The van der Waals surface area contributed by atoms with Gasteiger partial charge in [-0.05, 0) is 47.9 Å². The van der Waals surface area contributed by atoms with E-state index in [4.69, 9.17) is 5.11 Å². The van der Waals surface area contributed by atoms with Crippen molar-refractivity contribution in [2.75, 3.05) is 0 Å². The predicted octanol–water partition coefficient (Wildman–Crippen LogP) is 3.17. The highest BCUT2D eigenvalue weighted by Crippen LogP contribution is 2.32. The first kappa shape index (κ1) is 15.5. The maximum atomic E-state index is 12.1. The van der Waals surface area contributed by atoms with E-state index < -0.39 is 5.97 Å². The summed E-state index contributed by atoms with van der Waals surface area (Å²) >= 11 is 0. The number of rotatable bonds is 5. The third-order valence-electron chi connectivity index (χ3n) is 4.45. The number of carboxylic acids is 1. The van der Waals surface area contributed by atoms with Crippen LogP contribution in [0.3, 0.4) is 0 Å². The number of aryl methyl sites for hydroxylation is 1. The van der Waals surface area contributed by atoms with Crippen LogP contribution in [-0.2, 0) is 11.2 Å².